The van der Waals surface area contributed by atoms with Gasteiger partial charge >= 0.3 is 0 Å². The maximum Gasteiger partial charge on any atom is 0.123 e. The first-order chi connectivity index (χ1) is 9.26. The van der Waals surface area contributed by atoms with Gasteiger partial charge in [0.2, 0.25) is 0 Å². The highest BCUT2D eigenvalue weighted by Gasteiger charge is 2.18. The van der Waals surface area contributed by atoms with Crippen LogP contribution in [-0.2, 0) is 6.42 Å². The van der Waals surface area contributed by atoms with E-state index in [1.807, 2.05) is 18.2 Å². The molecule has 0 spiro atoms. The number of hydrogen-bond donors (Lipinski definition) is 1. The Morgan fingerprint density at radius 1 is 1.16 bits per heavy atom. The van der Waals surface area contributed by atoms with Gasteiger partial charge in [-0.2, -0.15) is 0 Å². The highest BCUT2D eigenvalue weighted by Crippen LogP contribution is 2.26. The molecule has 0 amide bonds. The summed E-state index contributed by atoms with van der Waals surface area (Å²) in [6.07, 6.45) is 3.63. The number of benzene rings is 1. The lowest BCUT2D eigenvalue weighted by atomic mass is 9.98. The summed E-state index contributed by atoms with van der Waals surface area (Å²) in [4.78, 5) is 0. The first-order valence-corrected chi connectivity index (χ1v) is 6.81. The van der Waals surface area contributed by atoms with E-state index in [4.69, 9.17) is 4.42 Å². The molecule has 1 aromatic heterocycles. The minimum Gasteiger partial charge on any atom is -0.469 e. The van der Waals surface area contributed by atoms with E-state index >= 15 is 0 Å². The Balaban J connectivity index is 2.32. The van der Waals surface area contributed by atoms with Gasteiger partial charge in [-0.15, -0.1) is 0 Å². The van der Waals surface area contributed by atoms with Crippen molar-refractivity contribution in [1.29, 1.82) is 0 Å². The molecular weight excluding hydrogens is 241 g/mol. The normalized spacial score (nSPS) is 12.6. The Kier molecular flexibility index (Phi) is 4.74. The van der Waals surface area contributed by atoms with E-state index in [0.29, 0.717) is 0 Å². The molecule has 2 rings (SSSR count). The van der Waals surface area contributed by atoms with Crippen LogP contribution in [0.5, 0.6) is 0 Å². The second-order valence-electron chi connectivity index (χ2n) is 4.59. The monoisotopic (exact) mass is 261 g/mol. The zero-order valence-electron chi connectivity index (χ0n) is 11.4. The van der Waals surface area contributed by atoms with Crippen molar-refractivity contribution in [2.24, 2.45) is 0 Å². The van der Waals surface area contributed by atoms with E-state index in [1.165, 1.54) is 12.1 Å². The van der Waals surface area contributed by atoms with Crippen molar-refractivity contribution in [2.45, 2.75) is 32.7 Å². The predicted molar refractivity (Wildman–Crippen MR) is 74.6 cm³/mol. The average Bonchev–Trinajstić information content (AvgIpc) is 2.89. The van der Waals surface area contributed by atoms with Crippen LogP contribution in [0.3, 0.4) is 0 Å². The molecule has 1 heterocycles. The van der Waals surface area contributed by atoms with E-state index in [9.17, 15) is 4.39 Å². The van der Waals surface area contributed by atoms with Crippen molar-refractivity contribution >= 4 is 0 Å². The molecule has 0 aliphatic rings. The summed E-state index contributed by atoms with van der Waals surface area (Å²) in [6.45, 7) is 5.12. The van der Waals surface area contributed by atoms with Crippen LogP contribution in [0.1, 0.15) is 43.2 Å². The van der Waals surface area contributed by atoms with Crippen molar-refractivity contribution in [2.75, 3.05) is 6.54 Å². The van der Waals surface area contributed by atoms with E-state index in [2.05, 4.69) is 19.2 Å². The third kappa shape index (κ3) is 3.24. The maximum absolute atomic E-state index is 13.1. The lowest BCUT2D eigenvalue weighted by Crippen LogP contribution is -2.23. The van der Waals surface area contributed by atoms with Gasteiger partial charge in [0, 0.05) is 12.0 Å². The van der Waals surface area contributed by atoms with Gasteiger partial charge in [-0.05, 0) is 36.7 Å². The third-order valence-corrected chi connectivity index (χ3v) is 3.21. The Hall–Kier alpha value is -1.61. The Morgan fingerprint density at radius 2 is 1.89 bits per heavy atom. The largest absolute Gasteiger partial charge is 0.469 e. The van der Waals surface area contributed by atoms with E-state index in [0.717, 1.165) is 36.3 Å². The van der Waals surface area contributed by atoms with Gasteiger partial charge in [-0.3, -0.25) is 0 Å². The molecule has 19 heavy (non-hydrogen) atoms. The van der Waals surface area contributed by atoms with E-state index in [1.54, 1.807) is 6.26 Å². The number of aryl methyl sites for hydroxylation is 1. The molecule has 1 N–H and O–H groups in total. The standard InChI is InChI=1S/C16H20FNO/c1-3-10-18-16(12-5-7-13(17)8-6-12)14-9-11-19-15(14)4-2/h5-9,11,16,18H,3-4,10H2,1-2H3. The Morgan fingerprint density at radius 3 is 2.53 bits per heavy atom. The highest BCUT2D eigenvalue weighted by atomic mass is 19.1. The van der Waals surface area contributed by atoms with Gasteiger partial charge in [-0.1, -0.05) is 26.0 Å². The Bertz CT molecular complexity index is 504. The number of furan rings is 1. The molecule has 0 aliphatic heterocycles. The second-order valence-corrected chi connectivity index (χ2v) is 4.59. The number of hydrogen-bond acceptors (Lipinski definition) is 2. The number of halogens is 1. The van der Waals surface area contributed by atoms with Crippen molar-refractivity contribution in [1.82, 2.24) is 5.32 Å². The summed E-state index contributed by atoms with van der Waals surface area (Å²) >= 11 is 0. The van der Waals surface area contributed by atoms with Gasteiger partial charge in [0.15, 0.2) is 0 Å². The molecule has 1 aromatic carbocycles. The molecule has 2 nitrogen and oxygen atoms in total. The van der Waals surface area contributed by atoms with E-state index < -0.39 is 0 Å². The quantitative estimate of drug-likeness (QED) is 0.848. The van der Waals surface area contributed by atoms with Crippen molar-refractivity contribution in [3.05, 3.63) is 59.3 Å². The fraction of sp³-hybridized carbons (Fsp3) is 0.375. The van der Waals surface area contributed by atoms with Gasteiger partial charge in [0.05, 0.1) is 12.3 Å². The molecule has 0 aliphatic carbocycles. The summed E-state index contributed by atoms with van der Waals surface area (Å²) in [5.74, 6) is 0.777. The number of nitrogens with one attached hydrogen (secondary N) is 1. The molecule has 102 valence electrons. The third-order valence-electron chi connectivity index (χ3n) is 3.21. The van der Waals surface area contributed by atoms with Crippen LogP contribution in [0, 0.1) is 5.82 Å². The second kappa shape index (κ2) is 6.53. The zero-order valence-corrected chi connectivity index (χ0v) is 11.4. The summed E-state index contributed by atoms with van der Waals surface area (Å²) in [7, 11) is 0. The van der Waals surface area contributed by atoms with Gasteiger partial charge in [0.1, 0.15) is 11.6 Å². The van der Waals surface area contributed by atoms with Crippen LogP contribution in [0.4, 0.5) is 4.39 Å². The molecule has 0 saturated heterocycles. The van der Waals surface area contributed by atoms with Crippen molar-refractivity contribution < 1.29 is 8.81 Å². The predicted octanol–water partition coefficient (Wildman–Crippen LogP) is 4.07. The maximum atomic E-state index is 13.1. The fourth-order valence-electron chi connectivity index (χ4n) is 2.25. The smallest absolute Gasteiger partial charge is 0.123 e. The van der Waals surface area contributed by atoms with Crippen LogP contribution in [0.15, 0.2) is 41.0 Å². The van der Waals surface area contributed by atoms with Gasteiger partial charge < -0.3 is 9.73 Å². The molecule has 3 heteroatoms. The molecule has 0 radical (unpaired) electrons. The Labute approximate surface area is 113 Å². The lowest BCUT2D eigenvalue weighted by molar-refractivity contribution is 0.500. The summed E-state index contributed by atoms with van der Waals surface area (Å²) in [6, 6.07) is 8.72. The summed E-state index contributed by atoms with van der Waals surface area (Å²) < 4.78 is 18.6. The average molecular weight is 261 g/mol. The van der Waals surface area contributed by atoms with Crippen LogP contribution < -0.4 is 5.32 Å². The zero-order chi connectivity index (χ0) is 13.7. The molecule has 0 saturated carbocycles. The van der Waals surface area contributed by atoms with E-state index in [-0.39, 0.29) is 11.9 Å². The topological polar surface area (TPSA) is 25.2 Å². The summed E-state index contributed by atoms with van der Waals surface area (Å²) in [5.41, 5.74) is 2.20. The molecule has 2 aromatic rings. The fourth-order valence-corrected chi connectivity index (χ4v) is 2.25. The molecule has 1 atom stereocenters. The highest BCUT2D eigenvalue weighted by molar-refractivity contribution is 5.33. The SMILES string of the molecule is CCCNC(c1ccc(F)cc1)c1ccoc1CC. The first-order valence-electron chi connectivity index (χ1n) is 6.81. The lowest BCUT2D eigenvalue weighted by Gasteiger charge is -2.19. The van der Waals surface area contributed by atoms with Crippen LogP contribution in [0.25, 0.3) is 0 Å². The molecule has 0 bridgehead atoms. The van der Waals surface area contributed by atoms with Crippen molar-refractivity contribution in [3.63, 3.8) is 0 Å². The molecular formula is C16H20FNO. The molecule has 0 fully saturated rings. The number of rotatable bonds is 6. The minimum absolute atomic E-state index is 0.0641. The summed E-state index contributed by atoms with van der Waals surface area (Å²) in [5, 5.41) is 3.50. The van der Waals surface area contributed by atoms with Crippen molar-refractivity contribution in [3.8, 4) is 0 Å². The first kappa shape index (κ1) is 13.8. The van der Waals surface area contributed by atoms with Crippen LogP contribution in [0.2, 0.25) is 0 Å². The minimum atomic E-state index is -0.207. The molecule has 1 unspecified atom stereocenters. The van der Waals surface area contributed by atoms with Crippen LogP contribution >= 0.6 is 0 Å². The van der Waals surface area contributed by atoms with Gasteiger partial charge in [0.25, 0.3) is 0 Å². The van der Waals surface area contributed by atoms with Crippen LogP contribution in [-0.4, -0.2) is 6.54 Å². The van der Waals surface area contributed by atoms with Gasteiger partial charge in [-0.25, -0.2) is 4.39 Å².